The molecule has 1 rings (SSSR count). The Kier molecular flexibility index (Phi) is 13.3. The smallest absolute Gasteiger partial charge is 0.305 e. The third kappa shape index (κ3) is 11.6. The summed E-state index contributed by atoms with van der Waals surface area (Å²) in [6, 6.07) is 4.91. The second kappa shape index (κ2) is 15.4. The minimum atomic E-state index is -0.133. The van der Waals surface area contributed by atoms with Crippen LogP contribution in [-0.4, -0.2) is 22.8 Å². The molecular weight excluding hydrogens is 340 g/mol. The van der Waals surface area contributed by atoms with Crippen LogP contribution in [0.15, 0.2) is 18.2 Å². The zero-order valence-corrected chi connectivity index (χ0v) is 17.0. The van der Waals surface area contributed by atoms with Crippen LogP contribution < -0.4 is 0 Å². The minimum Gasteiger partial charge on any atom is -0.504 e. The van der Waals surface area contributed by atoms with Crippen LogP contribution in [0.1, 0.15) is 96.0 Å². The Labute approximate surface area is 164 Å². The third-order valence-electron chi connectivity index (χ3n) is 4.94. The van der Waals surface area contributed by atoms with Crippen LogP contribution in [0.3, 0.4) is 0 Å². The largest absolute Gasteiger partial charge is 0.504 e. The molecule has 1 aromatic carbocycles. The summed E-state index contributed by atoms with van der Waals surface area (Å²) in [5.74, 6) is -0.322. The van der Waals surface area contributed by atoms with Gasteiger partial charge in [0.05, 0.1) is 6.61 Å². The highest BCUT2D eigenvalue weighted by atomic mass is 16.5. The average molecular weight is 379 g/mol. The number of hydrogen-bond acceptors (Lipinski definition) is 4. The van der Waals surface area contributed by atoms with Crippen LogP contribution >= 0.6 is 0 Å². The van der Waals surface area contributed by atoms with Crippen molar-refractivity contribution in [3.8, 4) is 11.5 Å². The number of unbranched alkanes of at least 4 members (excludes halogenated alkanes) is 10. The van der Waals surface area contributed by atoms with E-state index in [9.17, 15) is 15.0 Å². The molecule has 0 bridgehead atoms. The molecule has 0 saturated heterocycles. The van der Waals surface area contributed by atoms with Gasteiger partial charge in [-0.2, -0.15) is 0 Å². The summed E-state index contributed by atoms with van der Waals surface area (Å²) in [4.78, 5) is 11.7. The van der Waals surface area contributed by atoms with Crippen LogP contribution in [0.5, 0.6) is 11.5 Å². The zero-order valence-electron chi connectivity index (χ0n) is 17.0. The van der Waals surface area contributed by atoms with Crippen molar-refractivity contribution >= 4 is 5.97 Å². The first-order valence-corrected chi connectivity index (χ1v) is 10.8. The van der Waals surface area contributed by atoms with Gasteiger partial charge >= 0.3 is 5.97 Å². The number of aromatic hydroxyl groups is 2. The molecule has 4 nitrogen and oxygen atoms in total. The average Bonchev–Trinajstić information content (AvgIpc) is 2.66. The second-order valence-electron chi connectivity index (χ2n) is 7.39. The Bertz CT molecular complexity index is 513. The number of phenols is 2. The van der Waals surface area contributed by atoms with Gasteiger partial charge in [0.15, 0.2) is 11.5 Å². The first kappa shape index (κ1) is 23.3. The highest BCUT2D eigenvalue weighted by Crippen LogP contribution is 2.28. The standard InChI is InChI=1S/C23H38O4/c1-2-3-4-5-6-7-8-9-10-11-12-18-22(25)27-19-14-16-20-15-13-17-21(24)23(20)26/h13,15,17,24,26H,2-12,14,16,18-19H2,1H3. The monoisotopic (exact) mass is 378 g/mol. The van der Waals surface area contributed by atoms with Gasteiger partial charge in [0.25, 0.3) is 0 Å². The number of carbonyl (C=O) groups excluding carboxylic acids is 1. The highest BCUT2D eigenvalue weighted by molar-refractivity contribution is 5.69. The van der Waals surface area contributed by atoms with Gasteiger partial charge in [-0.3, -0.25) is 4.79 Å². The number of rotatable bonds is 16. The number of esters is 1. The first-order chi connectivity index (χ1) is 13.1. The molecule has 154 valence electrons. The van der Waals surface area contributed by atoms with Crippen LogP contribution in [0.4, 0.5) is 0 Å². The molecule has 0 spiro atoms. The van der Waals surface area contributed by atoms with Crippen molar-refractivity contribution in [1.29, 1.82) is 0 Å². The second-order valence-corrected chi connectivity index (χ2v) is 7.39. The molecule has 0 unspecified atom stereocenters. The summed E-state index contributed by atoms with van der Waals surface area (Å²) in [6.07, 6.45) is 15.7. The lowest BCUT2D eigenvalue weighted by atomic mass is 10.1. The fourth-order valence-electron chi connectivity index (χ4n) is 3.23. The molecule has 2 N–H and O–H groups in total. The van der Waals surface area contributed by atoms with E-state index in [-0.39, 0.29) is 17.5 Å². The zero-order chi connectivity index (χ0) is 19.7. The molecule has 0 atom stereocenters. The SMILES string of the molecule is CCCCCCCCCCCCCC(=O)OCCCc1cccc(O)c1O. The van der Waals surface area contributed by atoms with Gasteiger partial charge in [0, 0.05) is 6.42 Å². The van der Waals surface area contributed by atoms with Crippen molar-refractivity contribution in [2.45, 2.75) is 96.8 Å². The molecule has 27 heavy (non-hydrogen) atoms. The quantitative estimate of drug-likeness (QED) is 0.202. The Morgan fingerprint density at radius 1 is 0.852 bits per heavy atom. The van der Waals surface area contributed by atoms with Crippen molar-refractivity contribution < 1.29 is 19.7 Å². The van der Waals surface area contributed by atoms with E-state index in [0.717, 1.165) is 12.8 Å². The molecule has 0 heterocycles. The molecule has 1 aromatic rings. The Morgan fingerprint density at radius 3 is 2.07 bits per heavy atom. The van der Waals surface area contributed by atoms with Gasteiger partial charge in [-0.05, 0) is 30.9 Å². The number of para-hydroxylation sites is 1. The van der Waals surface area contributed by atoms with Crippen LogP contribution in [-0.2, 0) is 16.0 Å². The molecule has 0 saturated carbocycles. The van der Waals surface area contributed by atoms with Crippen molar-refractivity contribution in [3.05, 3.63) is 23.8 Å². The molecule has 0 aromatic heterocycles. The Hall–Kier alpha value is -1.71. The number of ether oxygens (including phenoxy) is 1. The molecule has 0 aliphatic heterocycles. The first-order valence-electron chi connectivity index (χ1n) is 10.8. The molecule has 0 radical (unpaired) electrons. The fraction of sp³-hybridized carbons (Fsp3) is 0.696. The fourth-order valence-corrected chi connectivity index (χ4v) is 3.23. The van der Waals surface area contributed by atoms with E-state index < -0.39 is 0 Å². The van der Waals surface area contributed by atoms with Crippen molar-refractivity contribution in [1.82, 2.24) is 0 Å². The van der Waals surface area contributed by atoms with Gasteiger partial charge in [0.2, 0.25) is 0 Å². The van der Waals surface area contributed by atoms with Gasteiger partial charge in [-0.25, -0.2) is 0 Å². The lowest BCUT2D eigenvalue weighted by Gasteiger charge is -2.07. The maximum atomic E-state index is 11.7. The predicted octanol–water partition coefficient (Wildman–Crippen LogP) is 6.27. The topological polar surface area (TPSA) is 66.8 Å². The summed E-state index contributed by atoms with van der Waals surface area (Å²) in [7, 11) is 0. The molecule has 0 amide bonds. The normalized spacial score (nSPS) is 10.9. The highest BCUT2D eigenvalue weighted by Gasteiger charge is 2.07. The van der Waals surface area contributed by atoms with Crippen LogP contribution in [0.25, 0.3) is 0 Å². The summed E-state index contributed by atoms with van der Waals surface area (Å²) in [6.45, 7) is 2.60. The van der Waals surface area contributed by atoms with Gasteiger partial charge in [0.1, 0.15) is 0 Å². The van der Waals surface area contributed by atoms with E-state index in [2.05, 4.69) is 6.92 Å². The van der Waals surface area contributed by atoms with E-state index in [1.807, 2.05) is 0 Å². The number of aryl methyl sites for hydroxylation is 1. The van der Waals surface area contributed by atoms with E-state index in [1.54, 1.807) is 12.1 Å². The minimum absolute atomic E-state index is 0.0789. The van der Waals surface area contributed by atoms with E-state index in [1.165, 1.54) is 63.9 Å². The molecule has 4 heteroatoms. The summed E-state index contributed by atoms with van der Waals surface area (Å²) < 4.78 is 5.24. The van der Waals surface area contributed by atoms with Crippen LogP contribution in [0, 0.1) is 0 Å². The predicted molar refractivity (Wildman–Crippen MR) is 110 cm³/mol. The third-order valence-corrected chi connectivity index (χ3v) is 4.94. The Morgan fingerprint density at radius 2 is 1.44 bits per heavy atom. The van der Waals surface area contributed by atoms with Gasteiger partial charge in [-0.1, -0.05) is 83.3 Å². The number of phenolic OH excluding ortho intramolecular Hbond substituents is 2. The van der Waals surface area contributed by atoms with Crippen LogP contribution in [0.2, 0.25) is 0 Å². The lowest BCUT2D eigenvalue weighted by Crippen LogP contribution is -2.06. The summed E-state index contributed by atoms with van der Waals surface area (Å²) in [5.41, 5.74) is 0.677. The summed E-state index contributed by atoms with van der Waals surface area (Å²) in [5, 5.41) is 19.2. The molecule has 0 aliphatic carbocycles. The number of hydrogen-bond donors (Lipinski definition) is 2. The van der Waals surface area contributed by atoms with Gasteiger partial charge < -0.3 is 14.9 Å². The van der Waals surface area contributed by atoms with Crippen molar-refractivity contribution in [3.63, 3.8) is 0 Å². The van der Waals surface area contributed by atoms with Crippen molar-refractivity contribution in [2.75, 3.05) is 6.61 Å². The number of benzene rings is 1. The maximum absolute atomic E-state index is 11.7. The molecular formula is C23H38O4. The lowest BCUT2D eigenvalue weighted by molar-refractivity contribution is -0.143. The van der Waals surface area contributed by atoms with E-state index in [0.29, 0.717) is 31.4 Å². The van der Waals surface area contributed by atoms with E-state index in [4.69, 9.17) is 4.74 Å². The van der Waals surface area contributed by atoms with Crippen molar-refractivity contribution in [2.24, 2.45) is 0 Å². The molecule has 0 fully saturated rings. The van der Waals surface area contributed by atoms with Gasteiger partial charge in [-0.15, -0.1) is 0 Å². The Balaban J connectivity index is 1.91. The molecule has 0 aliphatic rings. The maximum Gasteiger partial charge on any atom is 0.305 e. The summed E-state index contributed by atoms with van der Waals surface area (Å²) >= 11 is 0. The van der Waals surface area contributed by atoms with E-state index >= 15 is 0 Å². The number of carbonyl (C=O) groups is 1.